The number of benzene rings is 2. The number of halogens is 3. The van der Waals surface area contributed by atoms with Crippen molar-refractivity contribution in [1.82, 2.24) is 9.78 Å². The Morgan fingerprint density at radius 2 is 1.94 bits per heavy atom. The maximum atomic E-state index is 12.9. The highest BCUT2D eigenvalue weighted by atomic mass is 19.4. The molecule has 3 rings (SSSR count). The van der Waals surface area contributed by atoms with Gasteiger partial charge in [-0.1, -0.05) is 6.07 Å². The third kappa shape index (κ3) is 5.81. The van der Waals surface area contributed by atoms with E-state index < -0.39 is 17.6 Å². The van der Waals surface area contributed by atoms with Gasteiger partial charge in [0.15, 0.2) is 0 Å². The highest BCUT2D eigenvalue weighted by Gasteiger charge is 2.30. The van der Waals surface area contributed by atoms with E-state index in [0.29, 0.717) is 29.1 Å². The van der Waals surface area contributed by atoms with E-state index in [0.717, 1.165) is 18.2 Å². The Labute approximate surface area is 193 Å². The van der Waals surface area contributed by atoms with Gasteiger partial charge < -0.3 is 10.1 Å². The number of amides is 1. The lowest BCUT2D eigenvalue weighted by Crippen LogP contribution is -2.14. The number of ether oxygens (including phenoxy) is 1. The van der Waals surface area contributed by atoms with Gasteiger partial charge in [-0.05, 0) is 48.5 Å². The fourth-order valence-corrected chi connectivity index (χ4v) is 3.07. The van der Waals surface area contributed by atoms with E-state index in [1.807, 2.05) is 6.07 Å². The monoisotopic (exact) mass is 465 g/mol. The maximum absolute atomic E-state index is 12.9. The largest absolute Gasteiger partial charge is 0.497 e. The molecule has 3 aromatic rings. The molecule has 172 valence electrons. The van der Waals surface area contributed by atoms with Crippen LogP contribution in [-0.4, -0.2) is 22.8 Å². The number of hydrogen-bond donors (Lipinski definition) is 1. The van der Waals surface area contributed by atoms with Crippen LogP contribution in [0.25, 0.3) is 17.3 Å². The molecule has 0 bridgehead atoms. The molecule has 0 aliphatic carbocycles. The second kappa shape index (κ2) is 10.4. The summed E-state index contributed by atoms with van der Waals surface area (Å²) in [5.41, 5.74) is 0.221. The quantitative estimate of drug-likeness (QED) is 0.389. The number of anilines is 1. The van der Waals surface area contributed by atoms with Crippen LogP contribution in [0.1, 0.15) is 17.5 Å². The van der Waals surface area contributed by atoms with Crippen molar-refractivity contribution in [2.24, 2.45) is 0 Å². The standard InChI is InChI=1S/C24H18F3N5O2/c1-34-21-8-6-16(7-9-21)22-18(15-32(31-22)11-3-10-28)12-17(14-29)23(33)30-20-5-2-4-19(13-20)24(25,26)27/h2,4-9,12-13,15H,3,11H2,1H3,(H,30,33). The number of carbonyl (C=O) groups is 1. The van der Waals surface area contributed by atoms with Crippen LogP contribution in [0.15, 0.2) is 60.3 Å². The van der Waals surface area contributed by atoms with E-state index >= 15 is 0 Å². The lowest BCUT2D eigenvalue weighted by atomic mass is 10.1. The van der Waals surface area contributed by atoms with Gasteiger partial charge in [0, 0.05) is 23.0 Å². The van der Waals surface area contributed by atoms with Gasteiger partial charge >= 0.3 is 6.18 Å². The summed E-state index contributed by atoms with van der Waals surface area (Å²) in [7, 11) is 1.53. The van der Waals surface area contributed by atoms with Crippen LogP contribution in [0.3, 0.4) is 0 Å². The summed E-state index contributed by atoms with van der Waals surface area (Å²) in [6, 6.07) is 14.9. The highest BCUT2D eigenvalue weighted by molar-refractivity contribution is 6.10. The van der Waals surface area contributed by atoms with Crippen LogP contribution in [0.4, 0.5) is 18.9 Å². The van der Waals surface area contributed by atoms with E-state index in [1.54, 1.807) is 36.5 Å². The zero-order valence-electron chi connectivity index (χ0n) is 17.9. The Morgan fingerprint density at radius 3 is 2.56 bits per heavy atom. The third-order valence-corrected chi connectivity index (χ3v) is 4.72. The van der Waals surface area contributed by atoms with Gasteiger partial charge in [-0.2, -0.15) is 28.8 Å². The lowest BCUT2D eigenvalue weighted by molar-refractivity contribution is -0.137. The van der Waals surface area contributed by atoms with Gasteiger partial charge in [0.05, 0.1) is 37.4 Å². The molecular weight excluding hydrogens is 447 g/mol. The molecule has 1 amide bonds. The third-order valence-electron chi connectivity index (χ3n) is 4.72. The number of aromatic nitrogens is 2. The SMILES string of the molecule is COc1ccc(-c2nn(CCC#N)cc2C=C(C#N)C(=O)Nc2cccc(C(F)(F)F)c2)cc1. The molecule has 0 atom stereocenters. The molecule has 0 saturated heterocycles. The van der Waals surface area contributed by atoms with Crippen LogP contribution < -0.4 is 10.1 Å². The van der Waals surface area contributed by atoms with Crippen LogP contribution in [-0.2, 0) is 17.5 Å². The number of hydrogen-bond acceptors (Lipinski definition) is 5. The minimum atomic E-state index is -4.57. The number of nitrogens with zero attached hydrogens (tertiary/aromatic N) is 4. The van der Waals surface area contributed by atoms with Crippen LogP contribution in [0.2, 0.25) is 0 Å². The first-order valence-corrected chi connectivity index (χ1v) is 9.94. The molecule has 0 unspecified atom stereocenters. The van der Waals surface area contributed by atoms with Crippen molar-refractivity contribution in [3.63, 3.8) is 0 Å². The molecule has 2 aromatic carbocycles. The molecular formula is C24H18F3N5O2. The Balaban J connectivity index is 1.95. The van der Waals surface area contributed by atoms with Crippen LogP contribution in [0.5, 0.6) is 5.75 Å². The average molecular weight is 465 g/mol. The van der Waals surface area contributed by atoms with Crippen molar-refractivity contribution in [2.45, 2.75) is 19.1 Å². The molecule has 34 heavy (non-hydrogen) atoms. The van der Waals surface area contributed by atoms with Crippen molar-refractivity contribution >= 4 is 17.7 Å². The number of carbonyl (C=O) groups excluding carboxylic acids is 1. The summed E-state index contributed by atoms with van der Waals surface area (Å²) in [4.78, 5) is 12.6. The number of nitrogens with one attached hydrogen (secondary N) is 1. The summed E-state index contributed by atoms with van der Waals surface area (Å²) in [5, 5.41) is 25.2. The first kappa shape index (κ1) is 24.1. The fraction of sp³-hybridized carbons (Fsp3) is 0.167. The first-order valence-electron chi connectivity index (χ1n) is 9.94. The zero-order chi connectivity index (χ0) is 24.7. The van der Waals surface area contributed by atoms with Gasteiger partial charge in [0.2, 0.25) is 0 Å². The lowest BCUT2D eigenvalue weighted by Gasteiger charge is -2.09. The molecule has 0 aliphatic heterocycles. The zero-order valence-corrected chi connectivity index (χ0v) is 17.9. The summed E-state index contributed by atoms with van der Waals surface area (Å²) in [6.07, 6.45) is -1.47. The molecule has 0 saturated carbocycles. The van der Waals surface area contributed by atoms with E-state index in [-0.39, 0.29) is 17.7 Å². The highest BCUT2D eigenvalue weighted by Crippen LogP contribution is 2.31. The number of aryl methyl sites for hydroxylation is 1. The summed E-state index contributed by atoms with van der Waals surface area (Å²) >= 11 is 0. The second-order valence-corrected chi connectivity index (χ2v) is 7.04. The van der Waals surface area contributed by atoms with E-state index in [2.05, 4.69) is 10.4 Å². The molecule has 7 nitrogen and oxygen atoms in total. The molecule has 1 N–H and O–H groups in total. The summed E-state index contributed by atoms with van der Waals surface area (Å²) < 4.78 is 45.5. The molecule has 10 heteroatoms. The van der Waals surface area contributed by atoms with Gasteiger partial charge in [-0.3, -0.25) is 9.48 Å². The minimum absolute atomic E-state index is 0.0962. The van der Waals surface area contributed by atoms with Crippen molar-refractivity contribution in [2.75, 3.05) is 12.4 Å². The topological polar surface area (TPSA) is 104 Å². The number of nitriles is 2. The summed E-state index contributed by atoms with van der Waals surface area (Å²) in [6.45, 7) is 0.297. The normalized spacial score (nSPS) is 11.4. The number of alkyl halides is 3. The van der Waals surface area contributed by atoms with Crippen LogP contribution >= 0.6 is 0 Å². The molecule has 0 aliphatic rings. The second-order valence-electron chi connectivity index (χ2n) is 7.04. The maximum Gasteiger partial charge on any atom is 0.416 e. The van der Waals surface area contributed by atoms with Crippen molar-refractivity contribution in [1.29, 1.82) is 10.5 Å². The number of rotatable bonds is 7. The Hall–Kier alpha value is -4.57. The Kier molecular flexibility index (Phi) is 7.34. The van der Waals surface area contributed by atoms with Gasteiger partial charge in [0.25, 0.3) is 5.91 Å². The fourth-order valence-electron chi connectivity index (χ4n) is 3.07. The van der Waals surface area contributed by atoms with Gasteiger partial charge in [0.1, 0.15) is 17.4 Å². The predicted octanol–water partition coefficient (Wildman–Crippen LogP) is 5.04. The molecule has 0 radical (unpaired) electrons. The predicted molar refractivity (Wildman–Crippen MR) is 118 cm³/mol. The smallest absolute Gasteiger partial charge is 0.416 e. The summed E-state index contributed by atoms with van der Waals surface area (Å²) in [5.74, 6) is -0.241. The van der Waals surface area contributed by atoms with Crippen molar-refractivity contribution in [3.05, 3.63) is 71.4 Å². The van der Waals surface area contributed by atoms with Gasteiger partial charge in [-0.25, -0.2) is 0 Å². The molecule has 0 spiro atoms. The number of methoxy groups -OCH3 is 1. The minimum Gasteiger partial charge on any atom is -0.497 e. The molecule has 0 fully saturated rings. The molecule has 1 aromatic heterocycles. The van der Waals surface area contributed by atoms with E-state index in [1.165, 1.54) is 23.9 Å². The average Bonchev–Trinajstić information content (AvgIpc) is 3.23. The van der Waals surface area contributed by atoms with Gasteiger partial charge in [-0.15, -0.1) is 0 Å². The van der Waals surface area contributed by atoms with Crippen LogP contribution in [0, 0.1) is 22.7 Å². The Morgan fingerprint density at radius 1 is 1.21 bits per heavy atom. The Bertz CT molecular complexity index is 1300. The molecule has 1 heterocycles. The van der Waals surface area contributed by atoms with E-state index in [9.17, 15) is 23.2 Å². The van der Waals surface area contributed by atoms with E-state index in [4.69, 9.17) is 10.00 Å². The van der Waals surface area contributed by atoms with Crippen molar-refractivity contribution < 1.29 is 22.7 Å². The first-order chi connectivity index (χ1) is 16.2. The van der Waals surface area contributed by atoms with Crippen molar-refractivity contribution in [3.8, 4) is 29.1 Å².